The van der Waals surface area contributed by atoms with Gasteiger partial charge in [-0.15, -0.1) is 11.3 Å². The van der Waals surface area contributed by atoms with E-state index < -0.39 is 0 Å². The van der Waals surface area contributed by atoms with Crippen molar-refractivity contribution >= 4 is 23.0 Å². The average molecular weight is 292 g/mol. The van der Waals surface area contributed by atoms with E-state index in [1.165, 1.54) is 6.33 Å². The van der Waals surface area contributed by atoms with Crippen molar-refractivity contribution in [1.82, 2.24) is 15.0 Å². The zero-order valence-electron chi connectivity index (χ0n) is 11.8. The van der Waals surface area contributed by atoms with E-state index in [4.69, 9.17) is 5.84 Å². The molecule has 0 aromatic carbocycles. The summed E-state index contributed by atoms with van der Waals surface area (Å²) in [5.74, 6) is 7.04. The van der Waals surface area contributed by atoms with E-state index in [9.17, 15) is 0 Å². The first-order chi connectivity index (χ1) is 9.80. The second-order valence-corrected chi connectivity index (χ2v) is 5.35. The number of nitrogens with one attached hydrogen (secondary N) is 2. The molecule has 1 atom stereocenters. The Balaban J connectivity index is 2.27. The predicted octanol–water partition coefficient (Wildman–Crippen LogP) is 2.73. The van der Waals surface area contributed by atoms with Crippen LogP contribution in [0.3, 0.4) is 0 Å². The Morgan fingerprint density at radius 3 is 2.65 bits per heavy atom. The van der Waals surface area contributed by atoms with Gasteiger partial charge in [-0.25, -0.2) is 20.8 Å². The van der Waals surface area contributed by atoms with Crippen molar-refractivity contribution in [2.75, 3.05) is 10.7 Å². The minimum Gasteiger partial charge on any atom is -0.360 e. The van der Waals surface area contributed by atoms with Gasteiger partial charge in [0.25, 0.3) is 0 Å². The van der Waals surface area contributed by atoms with E-state index >= 15 is 0 Å². The third-order valence-corrected chi connectivity index (χ3v) is 3.94. The second kappa shape index (κ2) is 7.16. The van der Waals surface area contributed by atoms with Gasteiger partial charge in [-0.1, -0.05) is 20.3 Å². The highest BCUT2D eigenvalue weighted by molar-refractivity contribution is 7.09. The molecule has 0 saturated heterocycles. The number of aromatic nitrogens is 3. The first-order valence-corrected chi connectivity index (χ1v) is 7.64. The number of rotatable bonds is 7. The van der Waals surface area contributed by atoms with Crippen molar-refractivity contribution in [2.45, 2.75) is 39.2 Å². The Labute approximate surface area is 122 Å². The van der Waals surface area contributed by atoms with Crippen LogP contribution in [0.25, 0.3) is 0 Å². The van der Waals surface area contributed by atoms with Crippen LogP contribution >= 0.6 is 11.3 Å². The SMILES string of the molecule is CCCc1c(NN)ncnc1NC(CC)c1nccs1. The van der Waals surface area contributed by atoms with E-state index in [0.29, 0.717) is 5.82 Å². The lowest BCUT2D eigenvalue weighted by Gasteiger charge is -2.18. The number of nitrogens with two attached hydrogens (primary N) is 1. The summed E-state index contributed by atoms with van der Waals surface area (Å²) in [6.07, 6.45) is 6.16. The molecule has 1 unspecified atom stereocenters. The van der Waals surface area contributed by atoms with Gasteiger partial charge in [0, 0.05) is 17.1 Å². The quantitative estimate of drug-likeness (QED) is 0.537. The van der Waals surface area contributed by atoms with Crippen molar-refractivity contribution in [2.24, 2.45) is 5.84 Å². The van der Waals surface area contributed by atoms with E-state index in [1.807, 2.05) is 11.6 Å². The highest BCUT2D eigenvalue weighted by atomic mass is 32.1. The first-order valence-electron chi connectivity index (χ1n) is 6.76. The maximum absolute atomic E-state index is 5.53. The summed E-state index contributed by atoms with van der Waals surface area (Å²) in [5.41, 5.74) is 3.66. The molecule has 2 aromatic heterocycles. The maximum Gasteiger partial charge on any atom is 0.148 e. The van der Waals surface area contributed by atoms with E-state index in [0.717, 1.165) is 35.7 Å². The highest BCUT2D eigenvalue weighted by Gasteiger charge is 2.16. The smallest absolute Gasteiger partial charge is 0.148 e. The van der Waals surface area contributed by atoms with Gasteiger partial charge in [0.05, 0.1) is 6.04 Å². The summed E-state index contributed by atoms with van der Waals surface area (Å²) in [7, 11) is 0. The number of hydrazine groups is 1. The van der Waals surface area contributed by atoms with Crippen LogP contribution in [0.5, 0.6) is 0 Å². The van der Waals surface area contributed by atoms with Crippen LogP contribution in [0.15, 0.2) is 17.9 Å². The van der Waals surface area contributed by atoms with E-state index in [2.05, 4.69) is 39.5 Å². The summed E-state index contributed by atoms with van der Waals surface area (Å²) in [6, 6.07) is 0.158. The number of nitrogens with zero attached hydrogens (tertiary/aromatic N) is 3. The van der Waals surface area contributed by atoms with Crippen LogP contribution in [0.1, 0.15) is 43.3 Å². The highest BCUT2D eigenvalue weighted by Crippen LogP contribution is 2.27. The average Bonchev–Trinajstić information content (AvgIpc) is 3.00. The van der Waals surface area contributed by atoms with Crippen molar-refractivity contribution in [3.63, 3.8) is 0 Å². The fraction of sp³-hybridized carbons (Fsp3) is 0.462. The van der Waals surface area contributed by atoms with Gasteiger partial charge < -0.3 is 10.7 Å². The number of hydrogen-bond donors (Lipinski definition) is 3. The zero-order chi connectivity index (χ0) is 14.4. The lowest BCUT2D eigenvalue weighted by atomic mass is 10.1. The Morgan fingerprint density at radius 2 is 2.05 bits per heavy atom. The van der Waals surface area contributed by atoms with Crippen molar-refractivity contribution < 1.29 is 0 Å². The number of thiazole rings is 1. The van der Waals surface area contributed by atoms with Gasteiger partial charge in [0.15, 0.2) is 0 Å². The molecule has 0 aliphatic rings. The molecule has 2 aromatic rings. The van der Waals surface area contributed by atoms with Crippen LogP contribution in [-0.2, 0) is 6.42 Å². The van der Waals surface area contributed by atoms with Gasteiger partial charge in [-0.2, -0.15) is 0 Å². The Kier molecular flexibility index (Phi) is 5.25. The Morgan fingerprint density at radius 1 is 1.25 bits per heavy atom. The summed E-state index contributed by atoms with van der Waals surface area (Å²) in [5, 5.41) is 6.51. The van der Waals surface area contributed by atoms with Gasteiger partial charge in [-0.05, 0) is 12.8 Å². The molecule has 7 heteroatoms. The summed E-state index contributed by atoms with van der Waals surface area (Å²) in [6.45, 7) is 4.25. The maximum atomic E-state index is 5.53. The van der Waals surface area contributed by atoms with Crippen LogP contribution in [0.2, 0.25) is 0 Å². The van der Waals surface area contributed by atoms with Crippen molar-refractivity contribution in [3.8, 4) is 0 Å². The van der Waals surface area contributed by atoms with Crippen molar-refractivity contribution in [1.29, 1.82) is 0 Å². The number of hydrogen-bond acceptors (Lipinski definition) is 7. The lowest BCUT2D eigenvalue weighted by Crippen LogP contribution is -2.16. The molecule has 0 aliphatic carbocycles. The first kappa shape index (κ1) is 14.7. The fourth-order valence-corrected chi connectivity index (χ4v) is 2.83. The minimum absolute atomic E-state index is 0.158. The zero-order valence-corrected chi connectivity index (χ0v) is 12.6. The molecule has 0 saturated carbocycles. The molecule has 20 heavy (non-hydrogen) atoms. The molecule has 0 spiro atoms. The van der Waals surface area contributed by atoms with Gasteiger partial charge in [0.2, 0.25) is 0 Å². The van der Waals surface area contributed by atoms with Gasteiger partial charge in [-0.3, -0.25) is 0 Å². The molecule has 6 nitrogen and oxygen atoms in total. The van der Waals surface area contributed by atoms with Crippen LogP contribution in [-0.4, -0.2) is 15.0 Å². The molecule has 2 heterocycles. The topological polar surface area (TPSA) is 88.8 Å². The molecule has 0 radical (unpaired) electrons. The molecule has 0 bridgehead atoms. The Hall–Kier alpha value is -1.73. The van der Waals surface area contributed by atoms with Crippen LogP contribution in [0.4, 0.5) is 11.6 Å². The monoisotopic (exact) mass is 292 g/mol. The normalized spacial score (nSPS) is 12.2. The molecule has 0 fully saturated rings. The van der Waals surface area contributed by atoms with Gasteiger partial charge >= 0.3 is 0 Å². The molecule has 0 aliphatic heterocycles. The van der Waals surface area contributed by atoms with E-state index in [-0.39, 0.29) is 6.04 Å². The second-order valence-electron chi connectivity index (χ2n) is 4.42. The standard InChI is InChI=1S/C13H20N6S/c1-3-5-9-11(16-8-17-12(9)19-14)18-10(4-2)13-15-6-7-20-13/h6-8,10H,3-5,14H2,1-2H3,(H2,16,17,18,19). The number of nitrogen functional groups attached to an aromatic ring is 1. The summed E-state index contributed by atoms with van der Waals surface area (Å²) in [4.78, 5) is 12.9. The fourth-order valence-electron chi connectivity index (χ4n) is 2.06. The van der Waals surface area contributed by atoms with Crippen LogP contribution in [0, 0.1) is 0 Å². The summed E-state index contributed by atoms with van der Waals surface area (Å²) >= 11 is 1.65. The largest absolute Gasteiger partial charge is 0.360 e. The lowest BCUT2D eigenvalue weighted by molar-refractivity contribution is 0.732. The Bertz CT molecular complexity index is 528. The summed E-state index contributed by atoms with van der Waals surface area (Å²) < 4.78 is 0. The van der Waals surface area contributed by atoms with Crippen molar-refractivity contribution in [3.05, 3.63) is 28.5 Å². The van der Waals surface area contributed by atoms with Crippen LogP contribution < -0.4 is 16.6 Å². The predicted molar refractivity (Wildman–Crippen MR) is 82.6 cm³/mol. The molecule has 4 N–H and O–H groups in total. The third-order valence-electron chi connectivity index (χ3n) is 3.05. The minimum atomic E-state index is 0.158. The molecule has 0 amide bonds. The third kappa shape index (κ3) is 3.23. The molecule has 108 valence electrons. The molecular weight excluding hydrogens is 272 g/mol. The molecular formula is C13H20N6S. The van der Waals surface area contributed by atoms with Gasteiger partial charge in [0.1, 0.15) is 23.0 Å². The molecule has 2 rings (SSSR count). The number of anilines is 2. The van der Waals surface area contributed by atoms with E-state index in [1.54, 1.807) is 11.3 Å².